The van der Waals surface area contributed by atoms with Crippen LogP contribution in [0.4, 0.5) is 0 Å². The van der Waals surface area contributed by atoms with Crippen LogP contribution in [0.2, 0.25) is 0 Å². The minimum atomic E-state index is -1.28. The Hall–Kier alpha value is -0.950. The molecule has 0 bridgehead atoms. The van der Waals surface area contributed by atoms with E-state index in [0.29, 0.717) is 12.8 Å². The molecule has 4 atom stereocenters. The summed E-state index contributed by atoms with van der Waals surface area (Å²) in [4.78, 5) is 12.6. The third kappa shape index (κ3) is 47.9. The SMILES string of the molecule is CCCCCCCCCCCCCCCCCCCCCCCCCCC/C=C/CCCC(O)C(O)C(CO)NC(=O)C(O)CCCCCCCCCCCCCCCCCCCCC. The van der Waals surface area contributed by atoms with Crippen LogP contribution in [0.1, 0.15) is 328 Å². The second kappa shape index (κ2) is 54.0. The molecule has 0 saturated heterocycles. The molecule has 0 aromatic rings. The van der Waals surface area contributed by atoms with E-state index in [1.165, 1.54) is 263 Å². The van der Waals surface area contributed by atoms with E-state index in [1.54, 1.807) is 0 Å². The van der Waals surface area contributed by atoms with Crippen molar-refractivity contribution in [1.82, 2.24) is 5.32 Å². The van der Waals surface area contributed by atoms with Gasteiger partial charge in [-0.15, -0.1) is 0 Å². The number of rotatable bonds is 55. The zero-order valence-electron chi connectivity index (χ0n) is 44.0. The summed E-state index contributed by atoms with van der Waals surface area (Å²) in [6.07, 6.45) is 64.4. The van der Waals surface area contributed by atoms with Crippen LogP contribution < -0.4 is 5.32 Å². The van der Waals surface area contributed by atoms with E-state index in [2.05, 4.69) is 31.3 Å². The molecule has 0 aromatic heterocycles. The van der Waals surface area contributed by atoms with Gasteiger partial charge in [0.05, 0.1) is 18.8 Å². The first-order chi connectivity index (χ1) is 32.0. The van der Waals surface area contributed by atoms with Crippen molar-refractivity contribution in [2.24, 2.45) is 0 Å². The molecule has 0 spiro atoms. The molecule has 0 aromatic carbocycles. The summed E-state index contributed by atoms with van der Waals surface area (Å²) >= 11 is 0. The van der Waals surface area contributed by atoms with Gasteiger partial charge in [-0.2, -0.15) is 0 Å². The topological polar surface area (TPSA) is 110 Å². The number of allylic oxidation sites excluding steroid dienone is 2. The van der Waals surface area contributed by atoms with E-state index < -0.39 is 36.9 Å². The first-order valence-corrected chi connectivity index (χ1v) is 29.6. The summed E-state index contributed by atoms with van der Waals surface area (Å²) in [5, 5.41) is 44.0. The Balaban J connectivity index is 3.59. The standard InChI is InChI=1S/C59H117NO5/c1-3-5-7-9-11-13-15-17-19-21-23-24-25-26-27-28-29-30-31-32-33-35-36-38-40-42-44-46-48-50-52-56(62)58(64)55(54-61)60-59(65)57(63)53-51-49-47-45-43-41-39-37-34-22-20-18-16-14-12-10-8-6-4-2/h44,46,55-58,61-64H,3-43,45,47-54H2,1-2H3,(H,60,65)/b46-44+. The van der Waals surface area contributed by atoms with Crippen molar-refractivity contribution in [2.75, 3.05) is 6.61 Å². The predicted molar refractivity (Wildman–Crippen MR) is 284 cm³/mol. The number of unbranched alkanes of at least 4 members (excludes halogenated alkanes) is 44. The van der Waals surface area contributed by atoms with Crippen molar-refractivity contribution < 1.29 is 25.2 Å². The Morgan fingerprint density at radius 2 is 0.631 bits per heavy atom. The minimum absolute atomic E-state index is 0.369. The van der Waals surface area contributed by atoms with E-state index in [4.69, 9.17) is 0 Å². The zero-order chi connectivity index (χ0) is 47.4. The molecule has 0 saturated carbocycles. The lowest BCUT2D eigenvalue weighted by Crippen LogP contribution is -2.53. The Morgan fingerprint density at radius 1 is 0.369 bits per heavy atom. The quantitative estimate of drug-likeness (QED) is 0.0308. The van der Waals surface area contributed by atoms with Crippen LogP contribution in [0.15, 0.2) is 12.2 Å². The van der Waals surface area contributed by atoms with Gasteiger partial charge in [-0.3, -0.25) is 4.79 Å². The van der Waals surface area contributed by atoms with Crippen LogP contribution in [0.5, 0.6) is 0 Å². The first kappa shape index (κ1) is 64.0. The number of carbonyl (C=O) groups is 1. The predicted octanol–water partition coefficient (Wildman–Crippen LogP) is 17.3. The third-order valence-corrected chi connectivity index (χ3v) is 14.2. The van der Waals surface area contributed by atoms with E-state index in [1.807, 2.05) is 0 Å². The summed E-state index contributed by atoms with van der Waals surface area (Å²) in [5.74, 6) is -0.587. The summed E-state index contributed by atoms with van der Waals surface area (Å²) in [7, 11) is 0. The Labute approximate surface area is 406 Å². The number of aliphatic hydroxyl groups excluding tert-OH is 4. The normalized spacial score (nSPS) is 13.8. The average Bonchev–Trinajstić information content (AvgIpc) is 3.31. The number of amides is 1. The van der Waals surface area contributed by atoms with Gasteiger partial charge in [-0.1, -0.05) is 302 Å². The Morgan fingerprint density at radius 3 is 0.923 bits per heavy atom. The van der Waals surface area contributed by atoms with Gasteiger partial charge in [0.2, 0.25) is 5.91 Å². The number of aliphatic hydroxyl groups is 4. The molecule has 0 rings (SSSR count). The van der Waals surface area contributed by atoms with Gasteiger partial charge in [-0.05, 0) is 38.5 Å². The van der Waals surface area contributed by atoms with Gasteiger partial charge < -0.3 is 25.7 Å². The van der Waals surface area contributed by atoms with Gasteiger partial charge in [-0.25, -0.2) is 0 Å². The maximum Gasteiger partial charge on any atom is 0.249 e. The molecule has 6 heteroatoms. The van der Waals surface area contributed by atoms with Crippen LogP contribution in [-0.2, 0) is 4.79 Å². The fourth-order valence-electron chi connectivity index (χ4n) is 9.59. The van der Waals surface area contributed by atoms with Crippen molar-refractivity contribution >= 4 is 5.91 Å². The van der Waals surface area contributed by atoms with Gasteiger partial charge in [0.25, 0.3) is 0 Å². The highest BCUT2D eigenvalue weighted by atomic mass is 16.3. The zero-order valence-corrected chi connectivity index (χ0v) is 44.0. The van der Waals surface area contributed by atoms with Crippen LogP contribution in [0.3, 0.4) is 0 Å². The van der Waals surface area contributed by atoms with Crippen molar-refractivity contribution in [1.29, 1.82) is 0 Å². The van der Waals surface area contributed by atoms with E-state index in [0.717, 1.165) is 38.5 Å². The van der Waals surface area contributed by atoms with Crippen LogP contribution in [0, 0.1) is 0 Å². The van der Waals surface area contributed by atoms with Crippen LogP contribution in [-0.4, -0.2) is 57.3 Å². The summed E-state index contributed by atoms with van der Waals surface area (Å²) in [6, 6.07) is -0.999. The molecule has 4 unspecified atom stereocenters. The van der Waals surface area contributed by atoms with E-state index in [-0.39, 0.29) is 0 Å². The summed E-state index contributed by atoms with van der Waals surface area (Å²) in [6.45, 7) is 4.09. The number of nitrogens with one attached hydrogen (secondary N) is 1. The first-order valence-electron chi connectivity index (χ1n) is 29.6. The summed E-state index contributed by atoms with van der Waals surface area (Å²) in [5.41, 5.74) is 0. The molecular weight excluding hydrogens is 803 g/mol. The molecule has 0 heterocycles. The van der Waals surface area contributed by atoms with Gasteiger partial charge in [0, 0.05) is 0 Å². The molecule has 1 amide bonds. The van der Waals surface area contributed by atoms with E-state index in [9.17, 15) is 25.2 Å². The van der Waals surface area contributed by atoms with Crippen molar-refractivity contribution in [3.63, 3.8) is 0 Å². The molecule has 388 valence electrons. The molecule has 0 radical (unpaired) electrons. The van der Waals surface area contributed by atoms with E-state index >= 15 is 0 Å². The van der Waals surface area contributed by atoms with Crippen molar-refractivity contribution in [3.05, 3.63) is 12.2 Å². The summed E-state index contributed by atoms with van der Waals surface area (Å²) < 4.78 is 0. The molecule has 0 fully saturated rings. The highest BCUT2D eigenvalue weighted by Crippen LogP contribution is 2.18. The highest BCUT2D eigenvalue weighted by molar-refractivity contribution is 5.80. The lowest BCUT2D eigenvalue weighted by Gasteiger charge is -2.27. The lowest BCUT2D eigenvalue weighted by atomic mass is 10.00. The lowest BCUT2D eigenvalue weighted by molar-refractivity contribution is -0.132. The van der Waals surface area contributed by atoms with Crippen molar-refractivity contribution in [2.45, 2.75) is 353 Å². The Bertz CT molecular complexity index is 944. The third-order valence-electron chi connectivity index (χ3n) is 14.2. The molecule has 5 N–H and O–H groups in total. The molecule has 6 nitrogen and oxygen atoms in total. The molecule has 0 aliphatic rings. The number of carbonyl (C=O) groups excluding carboxylic acids is 1. The second-order valence-electron chi connectivity index (χ2n) is 20.7. The number of hydrogen-bond acceptors (Lipinski definition) is 5. The maximum atomic E-state index is 12.6. The molecule has 0 aliphatic heterocycles. The fourth-order valence-corrected chi connectivity index (χ4v) is 9.59. The monoisotopic (exact) mass is 920 g/mol. The molecular formula is C59H117NO5. The van der Waals surface area contributed by atoms with Crippen molar-refractivity contribution in [3.8, 4) is 0 Å². The Kier molecular flexibility index (Phi) is 53.2. The minimum Gasteiger partial charge on any atom is -0.394 e. The maximum absolute atomic E-state index is 12.6. The fraction of sp³-hybridized carbons (Fsp3) is 0.949. The highest BCUT2D eigenvalue weighted by Gasteiger charge is 2.28. The largest absolute Gasteiger partial charge is 0.394 e. The smallest absolute Gasteiger partial charge is 0.249 e. The van der Waals surface area contributed by atoms with Crippen LogP contribution >= 0.6 is 0 Å². The number of hydrogen-bond donors (Lipinski definition) is 5. The molecule has 0 aliphatic carbocycles. The van der Waals surface area contributed by atoms with Gasteiger partial charge >= 0.3 is 0 Å². The molecule has 65 heavy (non-hydrogen) atoms. The van der Waals surface area contributed by atoms with Crippen LogP contribution in [0.25, 0.3) is 0 Å². The average molecular weight is 921 g/mol. The van der Waals surface area contributed by atoms with Gasteiger partial charge in [0.15, 0.2) is 0 Å². The second-order valence-corrected chi connectivity index (χ2v) is 20.7. The van der Waals surface area contributed by atoms with Gasteiger partial charge in [0.1, 0.15) is 12.2 Å².